The molecule has 0 radical (unpaired) electrons. The van der Waals surface area contributed by atoms with Crippen molar-refractivity contribution in [3.05, 3.63) is 40.3 Å². The maximum Gasteiger partial charge on any atom is 0.271 e. The molecule has 0 saturated heterocycles. The third-order valence-corrected chi connectivity index (χ3v) is 3.59. The number of hydrogen-bond donors (Lipinski definition) is 1. The van der Waals surface area contributed by atoms with E-state index in [4.69, 9.17) is 0 Å². The Morgan fingerprint density at radius 1 is 1.53 bits per heavy atom. The maximum absolute atomic E-state index is 12.2. The van der Waals surface area contributed by atoms with Crippen LogP contribution >= 0.6 is 11.3 Å². The lowest BCUT2D eigenvalue weighted by molar-refractivity contribution is 0.440. The first-order chi connectivity index (χ1) is 8.87. The number of fused-ring (bicyclic) bond motifs is 1. The topological polar surface area (TPSA) is 46.9 Å². The summed E-state index contributed by atoms with van der Waals surface area (Å²) in [6.45, 7) is 11.5. The summed E-state index contributed by atoms with van der Waals surface area (Å²) >= 11 is 1.43. The largest absolute Gasteiger partial charge is 0.308 e. The van der Waals surface area contributed by atoms with Gasteiger partial charge in [-0.25, -0.2) is 4.98 Å². The molecule has 2 rings (SSSR count). The van der Waals surface area contributed by atoms with Crippen LogP contribution in [0.25, 0.3) is 10.2 Å². The average molecular weight is 277 g/mol. The van der Waals surface area contributed by atoms with E-state index < -0.39 is 0 Å². The molecule has 2 aromatic heterocycles. The van der Waals surface area contributed by atoms with E-state index in [2.05, 4.69) is 37.7 Å². The second kappa shape index (κ2) is 5.27. The van der Waals surface area contributed by atoms with Crippen molar-refractivity contribution in [2.45, 2.75) is 32.9 Å². The summed E-state index contributed by atoms with van der Waals surface area (Å²) in [4.78, 5) is 16.5. The molecule has 0 aliphatic rings. The van der Waals surface area contributed by atoms with Crippen molar-refractivity contribution in [2.75, 3.05) is 6.54 Å². The molecule has 0 aliphatic carbocycles. The maximum atomic E-state index is 12.2. The lowest BCUT2D eigenvalue weighted by atomic mass is 10.1. The first-order valence-corrected chi connectivity index (χ1v) is 7.09. The standard InChI is InChI=1S/C14H19N3OS/c1-10(7-16-14(2,3)4)8-17-9-15-11-5-6-19-12(11)13(17)18/h5-6,9,16H,1,7-8H2,2-4H3. The van der Waals surface area contributed by atoms with Gasteiger partial charge in [0.05, 0.1) is 11.8 Å². The summed E-state index contributed by atoms with van der Waals surface area (Å²) in [5, 5.41) is 5.25. The third kappa shape index (κ3) is 3.52. The van der Waals surface area contributed by atoms with E-state index in [0.29, 0.717) is 17.8 Å². The van der Waals surface area contributed by atoms with Gasteiger partial charge in [-0.05, 0) is 37.8 Å². The molecule has 2 heterocycles. The quantitative estimate of drug-likeness (QED) is 0.873. The van der Waals surface area contributed by atoms with Crippen LogP contribution in [0.4, 0.5) is 0 Å². The van der Waals surface area contributed by atoms with Crippen LogP contribution in [-0.2, 0) is 6.54 Å². The molecule has 0 amide bonds. The average Bonchev–Trinajstić information content (AvgIpc) is 2.78. The van der Waals surface area contributed by atoms with Gasteiger partial charge < -0.3 is 5.32 Å². The predicted octanol–water partition coefficient (Wildman–Crippen LogP) is 2.40. The van der Waals surface area contributed by atoms with Crippen molar-refractivity contribution in [2.24, 2.45) is 0 Å². The first kappa shape index (κ1) is 14.0. The minimum Gasteiger partial charge on any atom is -0.308 e. The molecule has 5 heteroatoms. The fourth-order valence-corrected chi connectivity index (χ4v) is 2.47. The van der Waals surface area contributed by atoms with Gasteiger partial charge in [0.15, 0.2) is 0 Å². The SMILES string of the molecule is C=C(CNC(C)(C)C)Cn1cnc2ccsc2c1=O. The molecule has 102 valence electrons. The van der Waals surface area contributed by atoms with E-state index in [1.165, 1.54) is 11.3 Å². The van der Waals surface area contributed by atoms with Crippen molar-refractivity contribution in [3.63, 3.8) is 0 Å². The van der Waals surface area contributed by atoms with Crippen molar-refractivity contribution >= 4 is 21.6 Å². The Labute approximate surface area is 116 Å². The second-order valence-electron chi connectivity index (χ2n) is 5.67. The zero-order valence-electron chi connectivity index (χ0n) is 11.6. The van der Waals surface area contributed by atoms with E-state index >= 15 is 0 Å². The van der Waals surface area contributed by atoms with Gasteiger partial charge in [-0.2, -0.15) is 0 Å². The van der Waals surface area contributed by atoms with Crippen LogP contribution in [0.2, 0.25) is 0 Å². The number of nitrogens with one attached hydrogen (secondary N) is 1. The lowest BCUT2D eigenvalue weighted by Crippen LogP contribution is -2.37. The summed E-state index contributed by atoms with van der Waals surface area (Å²) in [5.74, 6) is 0. The smallest absolute Gasteiger partial charge is 0.271 e. The highest BCUT2D eigenvalue weighted by molar-refractivity contribution is 7.17. The van der Waals surface area contributed by atoms with Gasteiger partial charge in [0.1, 0.15) is 4.70 Å². The molecule has 1 N–H and O–H groups in total. The Morgan fingerprint density at radius 3 is 2.95 bits per heavy atom. The molecule has 2 aromatic rings. The second-order valence-corrected chi connectivity index (χ2v) is 6.58. The summed E-state index contributed by atoms with van der Waals surface area (Å²) < 4.78 is 2.32. The number of nitrogens with zero attached hydrogens (tertiary/aromatic N) is 2. The van der Waals surface area contributed by atoms with Crippen LogP contribution in [0, 0.1) is 0 Å². The van der Waals surface area contributed by atoms with Gasteiger partial charge in [0, 0.05) is 18.6 Å². The fourth-order valence-electron chi connectivity index (χ4n) is 1.68. The number of hydrogen-bond acceptors (Lipinski definition) is 4. The summed E-state index contributed by atoms with van der Waals surface area (Å²) in [7, 11) is 0. The fraction of sp³-hybridized carbons (Fsp3) is 0.429. The van der Waals surface area contributed by atoms with E-state index in [9.17, 15) is 4.79 Å². The Kier molecular flexibility index (Phi) is 3.87. The molecule has 0 unspecified atom stereocenters. The highest BCUT2D eigenvalue weighted by atomic mass is 32.1. The molecule has 0 bridgehead atoms. The lowest BCUT2D eigenvalue weighted by Gasteiger charge is -2.21. The van der Waals surface area contributed by atoms with Crippen LogP contribution in [0.3, 0.4) is 0 Å². The normalized spacial score (nSPS) is 11.9. The van der Waals surface area contributed by atoms with E-state index in [0.717, 1.165) is 11.1 Å². The zero-order chi connectivity index (χ0) is 14.0. The summed E-state index contributed by atoms with van der Waals surface area (Å²) in [6, 6.07) is 1.86. The molecule has 0 atom stereocenters. The van der Waals surface area contributed by atoms with Gasteiger partial charge in [-0.15, -0.1) is 11.3 Å². The molecule has 0 fully saturated rings. The van der Waals surface area contributed by atoms with Crippen molar-refractivity contribution in [3.8, 4) is 0 Å². The third-order valence-electron chi connectivity index (χ3n) is 2.70. The first-order valence-electron chi connectivity index (χ1n) is 6.21. The molecular formula is C14H19N3OS. The van der Waals surface area contributed by atoms with Gasteiger partial charge in [-0.1, -0.05) is 6.58 Å². The summed E-state index contributed by atoms with van der Waals surface area (Å²) in [5.41, 5.74) is 1.79. The monoisotopic (exact) mass is 277 g/mol. The highest BCUT2D eigenvalue weighted by Crippen LogP contribution is 2.13. The van der Waals surface area contributed by atoms with Crippen LogP contribution in [0.15, 0.2) is 34.7 Å². The van der Waals surface area contributed by atoms with Crippen molar-refractivity contribution in [1.82, 2.24) is 14.9 Å². The van der Waals surface area contributed by atoms with Crippen LogP contribution in [-0.4, -0.2) is 21.6 Å². The zero-order valence-corrected chi connectivity index (χ0v) is 12.4. The predicted molar refractivity (Wildman–Crippen MR) is 80.8 cm³/mol. The van der Waals surface area contributed by atoms with E-state index in [1.54, 1.807) is 10.9 Å². The molecular weight excluding hydrogens is 258 g/mol. The molecule has 0 aromatic carbocycles. The Hall–Kier alpha value is -1.46. The Balaban J connectivity index is 2.11. The molecule has 19 heavy (non-hydrogen) atoms. The minimum atomic E-state index is 0.0110. The molecule has 0 spiro atoms. The van der Waals surface area contributed by atoms with Gasteiger partial charge in [0.25, 0.3) is 5.56 Å². The molecule has 0 aliphatic heterocycles. The number of thiophene rings is 1. The molecule has 4 nitrogen and oxygen atoms in total. The van der Waals surface area contributed by atoms with Crippen molar-refractivity contribution < 1.29 is 0 Å². The molecule has 0 saturated carbocycles. The Morgan fingerprint density at radius 2 is 2.26 bits per heavy atom. The van der Waals surface area contributed by atoms with Crippen LogP contribution in [0.1, 0.15) is 20.8 Å². The number of rotatable bonds is 4. The Bertz CT molecular complexity index is 648. The number of aromatic nitrogens is 2. The van der Waals surface area contributed by atoms with E-state index in [1.807, 2.05) is 11.4 Å². The van der Waals surface area contributed by atoms with Gasteiger partial charge >= 0.3 is 0 Å². The van der Waals surface area contributed by atoms with Crippen molar-refractivity contribution in [1.29, 1.82) is 0 Å². The van der Waals surface area contributed by atoms with Crippen LogP contribution < -0.4 is 10.9 Å². The summed E-state index contributed by atoms with van der Waals surface area (Å²) in [6.07, 6.45) is 1.60. The minimum absolute atomic E-state index is 0.0110. The van der Waals surface area contributed by atoms with Crippen LogP contribution in [0.5, 0.6) is 0 Å². The van der Waals surface area contributed by atoms with Gasteiger partial charge in [-0.3, -0.25) is 9.36 Å². The van der Waals surface area contributed by atoms with E-state index in [-0.39, 0.29) is 11.1 Å². The highest BCUT2D eigenvalue weighted by Gasteiger charge is 2.10. The van der Waals surface area contributed by atoms with Gasteiger partial charge in [0.2, 0.25) is 0 Å².